The number of benzene rings is 1. The van der Waals surface area contributed by atoms with Crippen molar-refractivity contribution in [1.82, 2.24) is 4.98 Å². The number of carbonyl (C=O) groups is 1. The first-order valence-corrected chi connectivity index (χ1v) is 7.28. The first-order valence-electron chi connectivity index (χ1n) is 6.09. The highest BCUT2D eigenvalue weighted by Gasteiger charge is 2.16. The van der Waals surface area contributed by atoms with E-state index in [0.717, 1.165) is 15.6 Å². The normalized spacial score (nSPS) is 10.5. The zero-order chi connectivity index (χ0) is 15.6. The van der Waals surface area contributed by atoms with Crippen molar-refractivity contribution < 1.29 is 19.4 Å². The fraction of sp³-hybridized carbons (Fsp3) is 0.286. The van der Waals surface area contributed by atoms with Gasteiger partial charge in [0.05, 0.1) is 23.4 Å². The van der Waals surface area contributed by atoms with Crippen LogP contribution in [0.15, 0.2) is 12.1 Å². The van der Waals surface area contributed by atoms with Crippen LogP contribution in [0.25, 0.3) is 0 Å². The van der Waals surface area contributed by atoms with Crippen LogP contribution < -0.4 is 9.47 Å². The van der Waals surface area contributed by atoms with Gasteiger partial charge in [0, 0.05) is 4.88 Å². The third-order valence-corrected chi connectivity index (χ3v) is 4.22. The second kappa shape index (κ2) is 6.32. The highest BCUT2D eigenvalue weighted by molar-refractivity contribution is 7.11. The molecule has 0 atom stereocenters. The zero-order valence-electron chi connectivity index (χ0n) is 11.8. The van der Waals surface area contributed by atoms with Crippen LogP contribution in [0.2, 0.25) is 5.02 Å². The summed E-state index contributed by atoms with van der Waals surface area (Å²) in [5, 5.41) is 10.0. The number of ether oxygens (including phenoxy) is 2. The smallest absolute Gasteiger partial charge is 0.335 e. The molecular weight excluding hydrogens is 314 g/mol. The summed E-state index contributed by atoms with van der Waals surface area (Å²) in [5.41, 5.74) is 1.02. The summed E-state index contributed by atoms with van der Waals surface area (Å²) in [5.74, 6) is -0.479. The monoisotopic (exact) mass is 327 g/mol. The van der Waals surface area contributed by atoms with E-state index in [1.54, 1.807) is 11.3 Å². The molecule has 1 aromatic carbocycles. The lowest BCUT2D eigenvalue weighted by Crippen LogP contribution is -2.02. The van der Waals surface area contributed by atoms with Crippen LogP contribution in [0.4, 0.5) is 0 Å². The maximum atomic E-state index is 11.0. The lowest BCUT2D eigenvalue weighted by atomic mass is 10.2. The average molecular weight is 328 g/mol. The summed E-state index contributed by atoms with van der Waals surface area (Å²) in [4.78, 5) is 16.5. The molecule has 0 radical (unpaired) electrons. The molecule has 0 amide bonds. The van der Waals surface area contributed by atoms with E-state index in [-0.39, 0.29) is 22.9 Å². The van der Waals surface area contributed by atoms with Crippen LogP contribution in [0.1, 0.15) is 25.9 Å². The Bertz CT molecular complexity index is 664. The van der Waals surface area contributed by atoms with E-state index in [9.17, 15) is 4.79 Å². The van der Waals surface area contributed by atoms with E-state index in [2.05, 4.69) is 4.98 Å². The largest absolute Gasteiger partial charge is 0.493 e. The predicted octanol–water partition coefficient (Wildman–Crippen LogP) is 3.70. The van der Waals surface area contributed by atoms with E-state index in [4.69, 9.17) is 26.2 Å². The molecule has 2 rings (SSSR count). The van der Waals surface area contributed by atoms with E-state index in [1.165, 1.54) is 19.2 Å². The Morgan fingerprint density at radius 2 is 2.14 bits per heavy atom. The Balaban J connectivity index is 2.25. The van der Waals surface area contributed by atoms with Crippen molar-refractivity contribution in [2.45, 2.75) is 20.5 Å². The zero-order valence-corrected chi connectivity index (χ0v) is 13.3. The van der Waals surface area contributed by atoms with Crippen LogP contribution in [-0.4, -0.2) is 23.2 Å². The number of thiazole rings is 1. The van der Waals surface area contributed by atoms with Gasteiger partial charge >= 0.3 is 5.97 Å². The molecule has 0 unspecified atom stereocenters. The van der Waals surface area contributed by atoms with Gasteiger partial charge in [-0.2, -0.15) is 0 Å². The predicted molar refractivity (Wildman–Crippen MR) is 80.9 cm³/mol. The second-order valence-electron chi connectivity index (χ2n) is 4.33. The maximum absolute atomic E-state index is 11.0. The Hall–Kier alpha value is -1.79. The third kappa shape index (κ3) is 3.46. The van der Waals surface area contributed by atoms with Gasteiger partial charge in [-0.05, 0) is 26.0 Å². The lowest BCUT2D eigenvalue weighted by molar-refractivity contribution is 0.0696. The molecule has 0 aliphatic rings. The van der Waals surface area contributed by atoms with Crippen molar-refractivity contribution in [3.8, 4) is 11.5 Å². The van der Waals surface area contributed by atoms with Crippen LogP contribution >= 0.6 is 22.9 Å². The highest BCUT2D eigenvalue weighted by atomic mass is 35.5. The molecule has 1 heterocycles. The van der Waals surface area contributed by atoms with Crippen LogP contribution in [0.5, 0.6) is 11.5 Å². The molecule has 1 aromatic heterocycles. The molecule has 0 bridgehead atoms. The number of rotatable bonds is 5. The van der Waals surface area contributed by atoms with Crippen molar-refractivity contribution in [1.29, 1.82) is 0 Å². The third-order valence-electron chi connectivity index (χ3n) is 2.89. The van der Waals surface area contributed by atoms with Gasteiger partial charge in [0.25, 0.3) is 0 Å². The molecule has 0 saturated carbocycles. The summed E-state index contributed by atoms with van der Waals surface area (Å²) < 4.78 is 10.8. The molecule has 0 fully saturated rings. The Kier molecular flexibility index (Phi) is 4.69. The Morgan fingerprint density at radius 3 is 2.67 bits per heavy atom. The number of halogens is 1. The minimum atomic E-state index is -1.08. The average Bonchev–Trinajstić information content (AvgIpc) is 2.75. The van der Waals surface area contributed by atoms with Crippen molar-refractivity contribution in [3.05, 3.63) is 38.3 Å². The first-order chi connectivity index (χ1) is 9.92. The van der Waals surface area contributed by atoms with Gasteiger partial charge in [-0.3, -0.25) is 0 Å². The SMILES string of the molecule is COc1cc(C(=O)O)cc(Cl)c1OCc1nc(C)c(C)s1. The quantitative estimate of drug-likeness (QED) is 0.906. The summed E-state index contributed by atoms with van der Waals surface area (Å²) >= 11 is 7.62. The topological polar surface area (TPSA) is 68.7 Å². The van der Waals surface area contributed by atoms with Crippen molar-refractivity contribution in [2.24, 2.45) is 0 Å². The van der Waals surface area contributed by atoms with Crippen molar-refractivity contribution in [3.63, 3.8) is 0 Å². The Labute approximate surface area is 131 Å². The van der Waals surface area contributed by atoms with Gasteiger partial charge in [0.1, 0.15) is 11.6 Å². The Morgan fingerprint density at radius 1 is 1.43 bits per heavy atom. The van der Waals surface area contributed by atoms with Crippen LogP contribution in [0, 0.1) is 13.8 Å². The number of hydrogen-bond donors (Lipinski definition) is 1. The number of hydrogen-bond acceptors (Lipinski definition) is 5. The summed E-state index contributed by atoms with van der Waals surface area (Å²) in [7, 11) is 1.43. The molecule has 0 saturated heterocycles. The molecule has 1 N–H and O–H groups in total. The van der Waals surface area contributed by atoms with Gasteiger partial charge in [0.2, 0.25) is 0 Å². The molecule has 7 heteroatoms. The van der Waals surface area contributed by atoms with Crippen LogP contribution in [-0.2, 0) is 6.61 Å². The fourth-order valence-electron chi connectivity index (χ4n) is 1.72. The number of carboxylic acid groups (broad SMARTS) is 1. The van der Waals surface area contributed by atoms with Gasteiger partial charge in [-0.1, -0.05) is 11.6 Å². The van der Waals surface area contributed by atoms with Gasteiger partial charge < -0.3 is 14.6 Å². The molecule has 0 aliphatic heterocycles. The number of methoxy groups -OCH3 is 1. The molecule has 112 valence electrons. The molecule has 0 aliphatic carbocycles. The van der Waals surface area contributed by atoms with Gasteiger partial charge in [0.15, 0.2) is 11.5 Å². The maximum Gasteiger partial charge on any atom is 0.335 e. The fourth-order valence-corrected chi connectivity index (χ4v) is 2.83. The van der Waals surface area contributed by atoms with Crippen molar-refractivity contribution >= 4 is 28.9 Å². The summed E-state index contributed by atoms with van der Waals surface area (Å²) in [6.07, 6.45) is 0. The van der Waals surface area contributed by atoms with E-state index >= 15 is 0 Å². The minimum absolute atomic E-state index is 0.0464. The van der Waals surface area contributed by atoms with E-state index in [1.807, 2.05) is 13.8 Å². The van der Waals surface area contributed by atoms with Crippen molar-refractivity contribution in [2.75, 3.05) is 7.11 Å². The first kappa shape index (κ1) is 15.6. The number of carboxylic acids is 1. The summed E-state index contributed by atoms with van der Waals surface area (Å²) in [6, 6.07) is 2.71. The number of nitrogens with zero attached hydrogens (tertiary/aromatic N) is 1. The molecule has 0 spiro atoms. The number of aromatic carboxylic acids is 1. The molecule has 21 heavy (non-hydrogen) atoms. The van der Waals surface area contributed by atoms with Gasteiger partial charge in [-0.25, -0.2) is 9.78 Å². The second-order valence-corrected chi connectivity index (χ2v) is 6.03. The van der Waals surface area contributed by atoms with E-state index < -0.39 is 5.97 Å². The van der Waals surface area contributed by atoms with E-state index in [0.29, 0.717) is 5.75 Å². The minimum Gasteiger partial charge on any atom is -0.493 e. The lowest BCUT2D eigenvalue weighted by Gasteiger charge is -2.12. The molecule has 2 aromatic rings. The van der Waals surface area contributed by atoms with Crippen LogP contribution in [0.3, 0.4) is 0 Å². The molecular formula is C14H14ClNO4S. The van der Waals surface area contributed by atoms with Gasteiger partial charge in [-0.15, -0.1) is 11.3 Å². The number of aromatic nitrogens is 1. The standard InChI is InChI=1S/C14H14ClNO4S/c1-7-8(2)21-12(16-7)6-20-13-10(15)4-9(14(17)18)5-11(13)19-3/h4-5H,6H2,1-3H3,(H,17,18). The molecule has 5 nitrogen and oxygen atoms in total. The number of aryl methyl sites for hydroxylation is 2. The summed E-state index contributed by atoms with van der Waals surface area (Å²) in [6.45, 7) is 4.18. The highest BCUT2D eigenvalue weighted by Crippen LogP contribution is 2.37.